The molecule has 0 bridgehead atoms. The second kappa shape index (κ2) is 21.0. The van der Waals surface area contributed by atoms with Crippen LogP contribution in [0.25, 0.3) is 12.2 Å². The minimum atomic E-state index is -5.10. The highest BCUT2D eigenvalue weighted by Crippen LogP contribution is 2.32. The first-order valence-corrected chi connectivity index (χ1v) is 28.9. The molecule has 0 atom stereocenters. The van der Waals surface area contributed by atoms with Crippen LogP contribution >= 0.6 is 0 Å². The van der Waals surface area contributed by atoms with Gasteiger partial charge in [0, 0.05) is 23.5 Å². The zero-order valence-corrected chi connectivity index (χ0v) is 42.9. The number of hydrogen-bond acceptors (Lipinski definition) is 24. The van der Waals surface area contributed by atoms with Crippen molar-refractivity contribution in [2.45, 2.75) is 69.2 Å². The molecule has 0 aliphatic carbocycles. The van der Waals surface area contributed by atoms with Crippen LogP contribution in [0.5, 0.6) is 0 Å². The SMILES string of the molecule is CC(C)Nc1nc(Nc2ccc(/C=C/c3ccc(Nc4nc(Nc5cc(S(=O)(=O)O)ccc5S(=O)(=O)O)nc(NC(C)C)n4)cc3S(=O)(=O)O)c(S(=O)(=O)O)c2)nc(Nc2cc(S(=O)(=O)O)ccc2S(=O)(=O)O)n1. The molecular formula is C38H40N12O18S6. The van der Waals surface area contributed by atoms with Gasteiger partial charge in [0.15, 0.2) is 0 Å². The second-order valence-corrected chi connectivity index (χ2v) is 24.1. The van der Waals surface area contributed by atoms with Crippen molar-refractivity contribution in [1.82, 2.24) is 29.9 Å². The van der Waals surface area contributed by atoms with Gasteiger partial charge in [-0.15, -0.1) is 0 Å². The number of nitrogens with one attached hydrogen (secondary N) is 6. The van der Waals surface area contributed by atoms with Gasteiger partial charge < -0.3 is 31.9 Å². The molecule has 0 aliphatic heterocycles. The summed E-state index contributed by atoms with van der Waals surface area (Å²) in [6.07, 6.45) is 2.14. The fraction of sp³-hybridized carbons (Fsp3) is 0.158. The Morgan fingerprint density at radius 3 is 0.946 bits per heavy atom. The quantitative estimate of drug-likeness (QED) is 0.0374. The summed E-state index contributed by atoms with van der Waals surface area (Å²) in [6, 6.07) is 10.1. The standard InChI is InChI=1S/C38H40N12O18S6/c1-19(2)39-33-45-35(49-37(47-33)43-27-17-25(69(51,52)53)11-13-29(27)71(57,58)59)41-23-9-7-21(31(15-23)73(63,64)65)5-6-22-8-10-24(16-32(22)74(66,67)68)42-36-46-34(40-20(3)4)48-38(50-36)44-28-18-26(70(54,55)56)12-14-30(28)72(60,61)62/h5-20H,1-4H3,(H,51,52,53)(H,54,55,56)(H,57,58,59)(H,60,61,62)(H,63,64,65)(H,66,67,68)(H3,39,41,43,45,47,49)(H3,40,42,44,46,48,50)/b6-5+. The Balaban J connectivity index is 1.33. The Labute approximate surface area is 421 Å². The highest BCUT2D eigenvalue weighted by Gasteiger charge is 2.24. The first-order chi connectivity index (χ1) is 34.0. The topological polar surface area (TPSA) is 476 Å². The largest absolute Gasteiger partial charge is 0.352 e. The molecule has 36 heteroatoms. The second-order valence-electron chi connectivity index (χ2n) is 15.7. The zero-order valence-electron chi connectivity index (χ0n) is 38.0. The van der Waals surface area contributed by atoms with Crippen molar-refractivity contribution in [2.75, 3.05) is 31.9 Å². The van der Waals surface area contributed by atoms with Crippen molar-refractivity contribution in [2.24, 2.45) is 0 Å². The molecule has 6 rings (SSSR count). The molecular weight excluding hydrogens is 1100 g/mol. The molecule has 30 nitrogen and oxygen atoms in total. The van der Waals surface area contributed by atoms with E-state index in [9.17, 15) is 77.8 Å². The van der Waals surface area contributed by atoms with E-state index in [2.05, 4.69) is 61.8 Å². The average Bonchev–Trinajstić information content (AvgIpc) is 3.23. The van der Waals surface area contributed by atoms with Crippen molar-refractivity contribution < 1.29 is 77.8 Å². The third-order valence-corrected chi connectivity index (χ3v) is 14.5. The summed E-state index contributed by atoms with van der Waals surface area (Å²) < 4.78 is 206. The van der Waals surface area contributed by atoms with Crippen LogP contribution in [0.4, 0.5) is 58.4 Å². The van der Waals surface area contributed by atoms with E-state index < -0.39 is 113 Å². The van der Waals surface area contributed by atoms with Gasteiger partial charge in [0.1, 0.15) is 19.6 Å². The summed E-state index contributed by atoms with van der Waals surface area (Å²) in [7, 11) is -30.0. The van der Waals surface area contributed by atoms with Gasteiger partial charge in [-0.2, -0.15) is 80.4 Å². The van der Waals surface area contributed by atoms with Gasteiger partial charge in [-0.1, -0.05) is 24.3 Å². The lowest BCUT2D eigenvalue weighted by molar-refractivity contribution is 0.479. The predicted octanol–water partition coefficient (Wildman–Crippen LogP) is 4.32. The van der Waals surface area contributed by atoms with Gasteiger partial charge in [-0.3, -0.25) is 27.3 Å². The van der Waals surface area contributed by atoms with Gasteiger partial charge in [0.2, 0.25) is 35.7 Å². The molecule has 0 saturated carbocycles. The maximum absolute atomic E-state index is 12.7. The van der Waals surface area contributed by atoms with E-state index in [1.54, 1.807) is 27.7 Å². The van der Waals surface area contributed by atoms with Gasteiger partial charge >= 0.3 is 0 Å². The van der Waals surface area contributed by atoms with E-state index in [1.807, 2.05) is 0 Å². The van der Waals surface area contributed by atoms with Crippen molar-refractivity contribution >= 4 is 131 Å². The Morgan fingerprint density at radius 2 is 0.662 bits per heavy atom. The van der Waals surface area contributed by atoms with E-state index in [0.717, 1.165) is 36.4 Å². The van der Waals surface area contributed by atoms with Crippen molar-refractivity contribution in [1.29, 1.82) is 0 Å². The van der Waals surface area contributed by atoms with E-state index in [0.29, 0.717) is 36.4 Å². The number of benzene rings is 4. The van der Waals surface area contributed by atoms with Crippen LogP contribution < -0.4 is 31.9 Å². The Kier molecular flexibility index (Phi) is 16.0. The summed E-state index contributed by atoms with van der Waals surface area (Å²) in [5.74, 6) is -2.03. The molecule has 2 aromatic heterocycles. The van der Waals surface area contributed by atoms with Crippen LogP contribution in [0.2, 0.25) is 0 Å². The minimum absolute atomic E-state index is 0.114. The Bertz CT molecular complexity index is 3690. The molecule has 0 fully saturated rings. The summed E-state index contributed by atoms with van der Waals surface area (Å²) in [4.78, 5) is 20.0. The zero-order chi connectivity index (χ0) is 54.9. The summed E-state index contributed by atoms with van der Waals surface area (Å²) in [5, 5.41) is 16.0. The van der Waals surface area contributed by atoms with Crippen LogP contribution in [-0.4, -0.2) is 120 Å². The van der Waals surface area contributed by atoms with E-state index in [1.165, 1.54) is 12.1 Å². The first kappa shape index (κ1) is 56.2. The number of rotatable bonds is 20. The lowest BCUT2D eigenvalue weighted by atomic mass is 10.1. The Morgan fingerprint density at radius 1 is 0.365 bits per heavy atom. The van der Waals surface area contributed by atoms with Crippen molar-refractivity contribution in [3.63, 3.8) is 0 Å². The monoisotopic (exact) mass is 1140 g/mol. The van der Waals surface area contributed by atoms with Gasteiger partial charge in [0.25, 0.3) is 60.7 Å². The van der Waals surface area contributed by atoms with Crippen molar-refractivity contribution in [3.8, 4) is 0 Å². The molecule has 0 saturated heterocycles. The summed E-state index contributed by atoms with van der Waals surface area (Å²) >= 11 is 0. The average molecular weight is 1150 g/mol. The molecule has 12 N–H and O–H groups in total. The normalized spacial score (nSPS) is 12.8. The molecule has 4 aromatic carbocycles. The third-order valence-electron chi connectivity index (χ3n) is 9.19. The van der Waals surface area contributed by atoms with Crippen LogP contribution in [0.3, 0.4) is 0 Å². The first-order valence-electron chi connectivity index (χ1n) is 20.3. The molecule has 0 unspecified atom stereocenters. The van der Waals surface area contributed by atoms with E-state index in [4.69, 9.17) is 0 Å². The smallest absolute Gasteiger partial charge is 0.296 e. The van der Waals surface area contributed by atoms with Gasteiger partial charge in [-0.05, 0) is 99.5 Å². The number of anilines is 10. The lowest BCUT2D eigenvalue weighted by Crippen LogP contribution is -2.15. The number of hydrogen-bond donors (Lipinski definition) is 12. The maximum Gasteiger partial charge on any atom is 0.296 e. The maximum atomic E-state index is 12.7. The third kappa shape index (κ3) is 14.8. The summed E-state index contributed by atoms with van der Waals surface area (Å²) in [5.41, 5.74) is -1.92. The highest BCUT2D eigenvalue weighted by atomic mass is 32.2. The molecule has 0 radical (unpaired) electrons. The molecule has 0 spiro atoms. The lowest BCUT2D eigenvalue weighted by Gasteiger charge is -2.15. The molecule has 6 aromatic rings. The van der Waals surface area contributed by atoms with Crippen LogP contribution in [-0.2, 0) is 60.7 Å². The fourth-order valence-corrected chi connectivity index (χ4v) is 9.92. The minimum Gasteiger partial charge on any atom is -0.352 e. The van der Waals surface area contributed by atoms with Gasteiger partial charge in [0.05, 0.1) is 21.2 Å². The van der Waals surface area contributed by atoms with Crippen LogP contribution in [0.1, 0.15) is 38.8 Å². The van der Waals surface area contributed by atoms with Gasteiger partial charge in [-0.25, -0.2) is 0 Å². The van der Waals surface area contributed by atoms with E-state index >= 15 is 0 Å². The van der Waals surface area contributed by atoms with Crippen LogP contribution in [0, 0.1) is 0 Å². The Hall–Kier alpha value is -7.10. The molecule has 2 heterocycles. The van der Waals surface area contributed by atoms with E-state index in [-0.39, 0.29) is 58.4 Å². The molecule has 0 amide bonds. The summed E-state index contributed by atoms with van der Waals surface area (Å²) in [6.45, 7) is 6.76. The molecule has 396 valence electrons. The highest BCUT2D eigenvalue weighted by molar-refractivity contribution is 7.87. The molecule has 74 heavy (non-hydrogen) atoms. The van der Waals surface area contributed by atoms with Crippen molar-refractivity contribution in [3.05, 3.63) is 83.9 Å². The predicted molar refractivity (Wildman–Crippen MR) is 264 cm³/mol. The number of nitrogens with zero attached hydrogens (tertiary/aromatic N) is 6. The molecule has 0 aliphatic rings. The fourth-order valence-electron chi connectivity index (χ4n) is 6.23. The van der Waals surface area contributed by atoms with Crippen LogP contribution in [0.15, 0.2) is 102 Å². The number of aromatic nitrogens is 6.